The maximum Gasteiger partial charge on any atom is 0.0514 e. The third kappa shape index (κ3) is 3.80. The Kier molecular flexibility index (Phi) is 4.95. The van der Waals surface area contributed by atoms with Crippen molar-refractivity contribution < 1.29 is 0 Å². The Balaban J connectivity index is 1.96. The van der Waals surface area contributed by atoms with Crippen LogP contribution in [-0.2, 0) is 0 Å². The second-order valence-electron chi connectivity index (χ2n) is 5.12. The average Bonchev–Trinajstić information content (AvgIpc) is 2.55. The number of benzene rings is 2. The average molecular weight is 292 g/mol. The minimum atomic E-state index is 0.772. The van der Waals surface area contributed by atoms with Crippen LogP contribution in [0.5, 0.6) is 0 Å². The number of nitrogens with one attached hydrogen (secondary N) is 2. The fraction of sp³-hybridized carbons (Fsp3) is 0.222. The molecular formula is C18H20N4. The van der Waals surface area contributed by atoms with Gasteiger partial charge in [-0.25, -0.2) is 0 Å². The zero-order chi connectivity index (χ0) is 15.0. The quantitative estimate of drug-likeness (QED) is 0.784. The number of rotatable bonds is 0. The van der Waals surface area contributed by atoms with Gasteiger partial charge in [-0.15, -0.1) is 0 Å². The van der Waals surface area contributed by atoms with Gasteiger partial charge in [0, 0.05) is 48.0 Å². The Labute approximate surface area is 131 Å². The lowest BCUT2D eigenvalue weighted by molar-refractivity contribution is 0.699. The van der Waals surface area contributed by atoms with Crippen LogP contribution in [0, 0.1) is 0 Å². The molecule has 0 aliphatic carbocycles. The van der Waals surface area contributed by atoms with Crippen LogP contribution in [0.3, 0.4) is 0 Å². The van der Waals surface area contributed by atoms with Crippen molar-refractivity contribution in [3.63, 3.8) is 0 Å². The van der Waals surface area contributed by atoms with Crippen molar-refractivity contribution in [2.45, 2.75) is 0 Å². The minimum Gasteiger partial charge on any atom is -0.354 e. The first-order valence-corrected chi connectivity index (χ1v) is 7.59. The Morgan fingerprint density at radius 2 is 1.18 bits per heavy atom. The van der Waals surface area contributed by atoms with Crippen LogP contribution in [0.15, 0.2) is 58.5 Å². The van der Waals surface area contributed by atoms with Crippen molar-refractivity contribution in [1.29, 1.82) is 0 Å². The molecule has 0 unspecified atom stereocenters. The summed E-state index contributed by atoms with van der Waals surface area (Å²) >= 11 is 0. The number of fused-ring (bicyclic) bond motifs is 2. The predicted molar refractivity (Wildman–Crippen MR) is 94.0 cm³/mol. The third-order valence-corrected chi connectivity index (χ3v) is 3.49. The molecule has 22 heavy (non-hydrogen) atoms. The highest BCUT2D eigenvalue weighted by Crippen LogP contribution is 2.22. The van der Waals surface area contributed by atoms with Gasteiger partial charge >= 0.3 is 0 Å². The van der Waals surface area contributed by atoms with Crippen LogP contribution in [0.25, 0.3) is 0 Å². The number of aliphatic imine (C=N–C) groups is 2. The molecule has 0 spiro atoms. The van der Waals surface area contributed by atoms with Crippen molar-refractivity contribution in [1.82, 2.24) is 5.32 Å². The molecule has 0 saturated carbocycles. The lowest BCUT2D eigenvalue weighted by Gasteiger charge is -2.12. The zero-order valence-electron chi connectivity index (χ0n) is 12.5. The molecule has 0 fully saturated rings. The summed E-state index contributed by atoms with van der Waals surface area (Å²) in [6.45, 7) is 3.29. The second-order valence-corrected chi connectivity index (χ2v) is 5.12. The van der Waals surface area contributed by atoms with Gasteiger partial charge in [-0.05, 0) is 12.1 Å². The van der Waals surface area contributed by atoms with Crippen molar-refractivity contribution >= 4 is 23.8 Å². The first-order chi connectivity index (χ1) is 10.9. The van der Waals surface area contributed by atoms with Crippen molar-refractivity contribution in [3.05, 3.63) is 59.7 Å². The summed E-state index contributed by atoms with van der Waals surface area (Å²) in [5.41, 5.74) is 4.28. The monoisotopic (exact) mass is 292 g/mol. The molecule has 1 aliphatic heterocycles. The molecule has 4 nitrogen and oxygen atoms in total. The van der Waals surface area contributed by atoms with Crippen LogP contribution in [0.1, 0.15) is 11.1 Å². The number of hydrogen-bond donors (Lipinski definition) is 2. The summed E-state index contributed by atoms with van der Waals surface area (Å²) in [7, 11) is 0. The molecule has 1 aliphatic rings. The first-order valence-electron chi connectivity index (χ1n) is 7.59. The number of para-hydroxylation sites is 2. The van der Waals surface area contributed by atoms with Gasteiger partial charge in [-0.1, -0.05) is 36.4 Å². The predicted octanol–water partition coefficient (Wildman–Crippen LogP) is 2.87. The lowest BCUT2D eigenvalue weighted by Crippen LogP contribution is -2.21. The topological polar surface area (TPSA) is 48.8 Å². The molecule has 2 N–H and O–H groups in total. The van der Waals surface area contributed by atoms with Gasteiger partial charge in [0.15, 0.2) is 0 Å². The molecule has 1 heterocycles. The molecular weight excluding hydrogens is 272 g/mol. The summed E-state index contributed by atoms with van der Waals surface area (Å²) in [6.07, 6.45) is 3.87. The maximum absolute atomic E-state index is 4.49. The van der Waals surface area contributed by atoms with E-state index in [9.17, 15) is 0 Å². The van der Waals surface area contributed by atoms with Crippen LogP contribution in [0.2, 0.25) is 0 Å². The Hall–Kier alpha value is -2.46. The van der Waals surface area contributed by atoms with Crippen molar-refractivity contribution in [2.24, 2.45) is 9.98 Å². The number of anilines is 2. The first kappa shape index (κ1) is 14.5. The van der Waals surface area contributed by atoms with E-state index < -0.39 is 0 Å². The van der Waals surface area contributed by atoms with E-state index in [4.69, 9.17) is 0 Å². The Morgan fingerprint density at radius 3 is 1.73 bits per heavy atom. The summed E-state index contributed by atoms with van der Waals surface area (Å²) in [5, 5.41) is 6.84. The van der Waals surface area contributed by atoms with Crippen molar-refractivity contribution in [2.75, 3.05) is 31.5 Å². The van der Waals surface area contributed by atoms with Crippen molar-refractivity contribution in [3.8, 4) is 0 Å². The fourth-order valence-corrected chi connectivity index (χ4v) is 2.33. The standard InChI is InChI=1S/C18H20N4/c1-3-7-17-15(5-1)13-20-11-9-19-10-12-21-14-16-6-2-4-8-18(16)22-17/h1-8,13-14,19,22H,9-12H2. The highest BCUT2D eigenvalue weighted by Gasteiger charge is 2.03. The van der Waals surface area contributed by atoms with Crippen LogP contribution in [0.4, 0.5) is 11.4 Å². The molecule has 3 rings (SSSR count). The summed E-state index contributed by atoms with van der Waals surface area (Å²) in [4.78, 5) is 8.98. The molecule has 2 aromatic carbocycles. The summed E-state index contributed by atoms with van der Waals surface area (Å²) in [6, 6.07) is 16.4. The van der Waals surface area contributed by atoms with Crippen LogP contribution < -0.4 is 10.6 Å². The van der Waals surface area contributed by atoms with E-state index >= 15 is 0 Å². The van der Waals surface area contributed by atoms with E-state index in [2.05, 4.69) is 44.9 Å². The molecule has 0 saturated heterocycles. The normalized spacial score (nSPS) is 15.3. The van der Waals surface area contributed by atoms with Gasteiger partial charge in [0.05, 0.1) is 13.1 Å². The van der Waals surface area contributed by atoms with E-state index in [-0.39, 0.29) is 0 Å². The molecule has 0 atom stereocenters. The highest BCUT2D eigenvalue weighted by atomic mass is 14.9. The van der Waals surface area contributed by atoms with Gasteiger partial charge in [-0.3, -0.25) is 9.98 Å². The Morgan fingerprint density at radius 1 is 0.682 bits per heavy atom. The maximum atomic E-state index is 4.49. The largest absolute Gasteiger partial charge is 0.354 e. The Bertz CT molecular complexity index is 619. The van der Waals surface area contributed by atoms with Crippen LogP contribution >= 0.6 is 0 Å². The van der Waals surface area contributed by atoms with Crippen LogP contribution in [-0.4, -0.2) is 38.6 Å². The molecule has 2 aromatic rings. The van der Waals surface area contributed by atoms with Gasteiger partial charge in [0.1, 0.15) is 0 Å². The minimum absolute atomic E-state index is 0.772. The van der Waals surface area contributed by atoms with Gasteiger partial charge < -0.3 is 10.6 Å². The van der Waals surface area contributed by atoms with E-state index in [0.29, 0.717) is 0 Å². The molecule has 0 radical (unpaired) electrons. The zero-order valence-corrected chi connectivity index (χ0v) is 12.5. The van der Waals surface area contributed by atoms with Gasteiger partial charge in [0.25, 0.3) is 0 Å². The third-order valence-electron chi connectivity index (χ3n) is 3.49. The number of nitrogens with zero attached hydrogens (tertiary/aromatic N) is 2. The lowest BCUT2D eigenvalue weighted by atomic mass is 10.1. The van der Waals surface area contributed by atoms with E-state index in [0.717, 1.165) is 48.7 Å². The SMILES string of the molecule is C1=NCCNCCN=Cc2ccccc2Nc2ccccc21. The molecule has 0 aromatic heterocycles. The fourth-order valence-electron chi connectivity index (χ4n) is 2.33. The van der Waals surface area contributed by atoms with Gasteiger partial charge in [0.2, 0.25) is 0 Å². The molecule has 0 bridgehead atoms. The molecule has 112 valence electrons. The smallest absolute Gasteiger partial charge is 0.0514 e. The van der Waals surface area contributed by atoms with E-state index in [1.807, 2.05) is 36.7 Å². The van der Waals surface area contributed by atoms with E-state index in [1.54, 1.807) is 0 Å². The number of hydrogen-bond acceptors (Lipinski definition) is 4. The van der Waals surface area contributed by atoms with E-state index in [1.165, 1.54) is 0 Å². The summed E-state index contributed by atoms with van der Waals surface area (Å²) < 4.78 is 0. The molecule has 0 amide bonds. The van der Waals surface area contributed by atoms with Gasteiger partial charge in [-0.2, -0.15) is 0 Å². The second kappa shape index (κ2) is 7.52. The molecule has 4 heteroatoms. The highest BCUT2D eigenvalue weighted by molar-refractivity contribution is 5.93. The summed E-state index contributed by atoms with van der Waals surface area (Å²) in [5.74, 6) is 0.